The van der Waals surface area contributed by atoms with Crippen LogP contribution >= 0.6 is 0 Å². The van der Waals surface area contributed by atoms with Crippen LogP contribution in [0.1, 0.15) is 57.1 Å². The van der Waals surface area contributed by atoms with Gasteiger partial charge in [0.1, 0.15) is 0 Å². The molecule has 1 heteroatoms. The van der Waals surface area contributed by atoms with Crippen molar-refractivity contribution < 1.29 is 0 Å². The summed E-state index contributed by atoms with van der Waals surface area (Å²) in [5.74, 6) is 0. The van der Waals surface area contributed by atoms with E-state index in [1.165, 1.54) is 53.7 Å². The molecule has 1 aromatic rings. The average molecular weight is 267 g/mol. The van der Waals surface area contributed by atoms with E-state index in [1.54, 1.807) is 0 Å². The molecule has 0 aliphatic heterocycles. The minimum Gasteiger partial charge on any atom is -0.290 e. The van der Waals surface area contributed by atoms with Crippen molar-refractivity contribution in [3.05, 3.63) is 47.5 Å². The van der Waals surface area contributed by atoms with Gasteiger partial charge in [0.15, 0.2) is 0 Å². The first-order valence-electron chi connectivity index (χ1n) is 7.71. The minimum atomic E-state index is 0.932. The first kappa shape index (κ1) is 14.8. The molecule has 0 bridgehead atoms. The predicted molar refractivity (Wildman–Crippen MR) is 90.2 cm³/mol. The summed E-state index contributed by atoms with van der Waals surface area (Å²) >= 11 is 0. The van der Waals surface area contributed by atoms with E-state index in [0.29, 0.717) is 0 Å². The van der Waals surface area contributed by atoms with Gasteiger partial charge >= 0.3 is 0 Å². The molecule has 1 nitrogen and oxygen atoms in total. The van der Waals surface area contributed by atoms with Crippen molar-refractivity contribution in [1.82, 2.24) is 0 Å². The number of nitrogens with zero attached hydrogens (tertiary/aromatic N) is 1. The fraction of sp³-hybridized carbons (Fsp3) is 0.421. The largest absolute Gasteiger partial charge is 0.290 e. The molecule has 0 saturated heterocycles. The molecule has 0 unspecified atom stereocenters. The Balaban J connectivity index is 2.04. The summed E-state index contributed by atoms with van der Waals surface area (Å²) in [6, 6.07) is 8.48. The van der Waals surface area contributed by atoms with Gasteiger partial charge in [-0.2, -0.15) is 0 Å². The van der Waals surface area contributed by atoms with E-state index < -0.39 is 0 Å². The SMILES string of the molecule is C=C1CC(C(C)=NCCCCCC)=Cc2ccccc21. The van der Waals surface area contributed by atoms with Crippen LogP contribution in [0.5, 0.6) is 0 Å². The highest BCUT2D eigenvalue weighted by Crippen LogP contribution is 2.31. The Morgan fingerprint density at radius 3 is 2.80 bits per heavy atom. The van der Waals surface area contributed by atoms with Crippen molar-refractivity contribution in [1.29, 1.82) is 0 Å². The lowest BCUT2D eigenvalue weighted by Gasteiger charge is -2.18. The number of unbranched alkanes of at least 4 members (excludes halogenated alkanes) is 3. The van der Waals surface area contributed by atoms with Crippen molar-refractivity contribution in [2.45, 2.75) is 46.0 Å². The monoisotopic (exact) mass is 267 g/mol. The second-order valence-electron chi connectivity index (χ2n) is 5.56. The topological polar surface area (TPSA) is 12.4 Å². The summed E-state index contributed by atoms with van der Waals surface area (Å²) in [4.78, 5) is 4.73. The number of aliphatic imine (C=N–C) groups is 1. The zero-order valence-electron chi connectivity index (χ0n) is 12.8. The summed E-state index contributed by atoms with van der Waals surface area (Å²) in [7, 11) is 0. The summed E-state index contributed by atoms with van der Waals surface area (Å²) in [6.07, 6.45) is 8.31. The maximum absolute atomic E-state index is 4.73. The molecule has 0 N–H and O–H groups in total. The van der Waals surface area contributed by atoms with Gasteiger partial charge in [-0.05, 0) is 48.1 Å². The zero-order valence-corrected chi connectivity index (χ0v) is 12.8. The Morgan fingerprint density at radius 2 is 2.00 bits per heavy atom. The normalized spacial score (nSPS) is 15.0. The molecule has 0 atom stereocenters. The molecule has 1 aliphatic rings. The van der Waals surface area contributed by atoms with Gasteiger partial charge < -0.3 is 0 Å². The van der Waals surface area contributed by atoms with Crippen LogP contribution in [-0.2, 0) is 0 Å². The molecule has 1 aliphatic carbocycles. The fourth-order valence-electron chi connectivity index (χ4n) is 2.63. The van der Waals surface area contributed by atoms with Crippen molar-refractivity contribution >= 4 is 17.4 Å². The van der Waals surface area contributed by atoms with Crippen LogP contribution in [0.3, 0.4) is 0 Å². The van der Waals surface area contributed by atoms with Crippen LogP contribution in [0.25, 0.3) is 11.6 Å². The number of allylic oxidation sites excluding steroid dienone is 2. The van der Waals surface area contributed by atoms with E-state index >= 15 is 0 Å². The highest BCUT2D eigenvalue weighted by molar-refractivity contribution is 6.05. The summed E-state index contributed by atoms with van der Waals surface area (Å²) in [5.41, 5.74) is 6.27. The van der Waals surface area contributed by atoms with Gasteiger partial charge in [0.25, 0.3) is 0 Å². The molecule has 0 amide bonds. The minimum absolute atomic E-state index is 0.932. The van der Waals surface area contributed by atoms with Crippen LogP contribution in [0.2, 0.25) is 0 Å². The maximum Gasteiger partial charge on any atom is 0.0392 e. The lowest BCUT2D eigenvalue weighted by Crippen LogP contribution is -2.05. The molecule has 0 spiro atoms. The Hall–Kier alpha value is -1.63. The molecule has 0 saturated carbocycles. The first-order valence-corrected chi connectivity index (χ1v) is 7.71. The van der Waals surface area contributed by atoms with Gasteiger partial charge in [0, 0.05) is 12.3 Å². The molecule has 20 heavy (non-hydrogen) atoms. The van der Waals surface area contributed by atoms with E-state index in [1.807, 2.05) is 0 Å². The van der Waals surface area contributed by atoms with Crippen LogP contribution in [0.4, 0.5) is 0 Å². The van der Waals surface area contributed by atoms with Gasteiger partial charge in [-0.1, -0.05) is 57.0 Å². The number of benzene rings is 1. The standard InChI is InChI=1S/C19H25N/c1-4-5-6-9-12-20-16(3)18-13-15(2)19-11-8-7-10-17(19)14-18/h7-8,10-11,14H,2,4-6,9,12-13H2,1,3H3. The summed E-state index contributed by atoms with van der Waals surface area (Å²) in [5, 5.41) is 0. The fourth-order valence-corrected chi connectivity index (χ4v) is 2.63. The Morgan fingerprint density at radius 1 is 1.20 bits per heavy atom. The van der Waals surface area contributed by atoms with Crippen LogP contribution < -0.4 is 0 Å². The smallest absolute Gasteiger partial charge is 0.0392 e. The molecule has 1 aromatic carbocycles. The summed E-state index contributed by atoms with van der Waals surface area (Å²) in [6.45, 7) is 9.54. The second kappa shape index (κ2) is 7.23. The number of hydrogen-bond acceptors (Lipinski definition) is 1. The molecule has 0 radical (unpaired) electrons. The van der Waals surface area contributed by atoms with E-state index in [4.69, 9.17) is 4.99 Å². The Kier molecular flexibility index (Phi) is 5.34. The molecule has 106 valence electrons. The predicted octanol–water partition coefficient (Wildman–Crippen LogP) is 5.53. The van der Waals surface area contributed by atoms with Gasteiger partial charge in [0.2, 0.25) is 0 Å². The molecule has 0 fully saturated rings. The van der Waals surface area contributed by atoms with Crippen LogP contribution in [0.15, 0.2) is 41.4 Å². The third-order valence-electron chi connectivity index (χ3n) is 3.90. The maximum atomic E-state index is 4.73. The Labute approximate surface area is 123 Å². The van der Waals surface area contributed by atoms with Crippen molar-refractivity contribution in [2.24, 2.45) is 4.99 Å². The van der Waals surface area contributed by atoms with Crippen molar-refractivity contribution in [3.8, 4) is 0 Å². The number of hydrogen-bond donors (Lipinski definition) is 0. The van der Waals surface area contributed by atoms with Gasteiger partial charge in [0.05, 0.1) is 0 Å². The van der Waals surface area contributed by atoms with Gasteiger partial charge in [-0.25, -0.2) is 0 Å². The highest BCUT2D eigenvalue weighted by atomic mass is 14.7. The van der Waals surface area contributed by atoms with Crippen molar-refractivity contribution in [3.63, 3.8) is 0 Å². The van der Waals surface area contributed by atoms with E-state index in [-0.39, 0.29) is 0 Å². The second-order valence-corrected chi connectivity index (χ2v) is 5.56. The molecular formula is C19H25N. The highest BCUT2D eigenvalue weighted by Gasteiger charge is 2.14. The van der Waals surface area contributed by atoms with E-state index in [0.717, 1.165) is 13.0 Å². The average Bonchev–Trinajstić information content (AvgIpc) is 2.47. The quantitative estimate of drug-likeness (QED) is 0.475. The number of fused-ring (bicyclic) bond motifs is 1. The first-order chi connectivity index (χ1) is 9.72. The zero-order chi connectivity index (χ0) is 14.4. The van der Waals surface area contributed by atoms with Crippen LogP contribution in [-0.4, -0.2) is 12.3 Å². The molecule has 0 heterocycles. The third-order valence-corrected chi connectivity index (χ3v) is 3.90. The Bertz CT molecular complexity index is 534. The van der Waals surface area contributed by atoms with Gasteiger partial charge in [-0.3, -0.25) is 4.99 Å². The van der Waals surface area contributed by atoms with Crippen molar-refractivity contribution in [2.75, 3.05) is 6.54 Å². The van der Waals surface area contributed by atoms with Crippen LogP contribution in [0, 0.1) is 0 Å². The van der Waals surface area contributed by atoms with E-state index in [9.17, 15) is 0 Å². The molecular weight excluding hydrogens is 242 g/mol. The molecule has 0 aromatic heterocycles. The number of rotatable bonds is 6. The summed E-state index contributed by atoms with van der Waals surface area (Å²) < 4.78 is 0. The lowest BCUT2D eigenvalue weighted by atomic mass is 9.87. The third kappa shape index (κ3) is 3.69. The lowest BCUT2D eigenvalue weighted by molar-refractivity contribution is 0.675. The molecule has 2 rings (SSSR count). The van der Waals surface area contributed by atoms with Gasteiger partial charge in [-0.15, -0.1) is 0 Å². The van der Waals surface area contributed by atoms with E-state index in [2.05, 4.69) is 50.8 Å².